The number of rotatable bonds is 6. The average molecular weight is 408 g/mol. The van der Waals surface area contributed by atoms with Crippen LogP contribution >= 0.6 is 0 Å². The van der Waals surface area contributed by atoms with Crippen molar-refractivity contribution in [1.82, 2.24) is 4.90 Å². The lowest BCUT2D eigenvalue weighted by atomic mass is 9.94. The fourth-order valence-electron chi connectivity index (χ4n) is 3.73. The zero-order chi connectivity index (χ0) is 22.1. The minimum atomic E-state index is -0.632. The number of hydrogen-bond acceptors (Lipinski definition) is 4. The van der Waals surface area contributed by atoms with Gasteiger partial charge in [-0.15, -0.1) is 0 Å². The summed E-state index contributed by atoms with van der Waals surface area (Å²) in [7, 11) is 0. The van der Waals surface area contributed by atoms with E-state index in [2.05, 4.69) is 0 Å². The molecule has 1 unspecified atom stereocenters. The maximum absolute atomic E-state index is 13.0. The molecular formula is C25H29NO4. The Balaban J connectivity index is 2.06. The van der Waals surface area contributed by atoms with Crippen LogP contribution in [0.3, 0.4) is 0 Å². The van der Waals surface area contributed by atoms with Gasteiger partial charge in [-0.25, -0.2) is 0 Å². The third-order valence-electron chi connectivity index (χ3n) is 5.01. The molecule has 0 radical (unpaired) electrons. The summed E-state index contributed by atoms with van der Waals surface area (Å²) in [4.78, 5) is 27.3. The molecule has 0 saturated heterocycles. The molecular weight excluding hydrogens is 378 g/mol. The standard InChI is InChI=1S/C25H29NO4/c1-6-19(27)21-22(17-12-9-10-16(2)14-17)26(24(29)23(21)28)15-18-11-7-8-13-20(18)30-25(3,4)5/h7-14,22,28H,6,15H2,1-5H3. The smallest absolute Gasteiger partial charge is 0.290 e. The summed E-state index contributed by atoms with van der Waals surface area (Å²) in [6.45, 7) is 9.80. The molecule has 158 valence electrons. The van der Waals surface area contributed by atoms with Crippen molar-refractivity contribution in [2.24, 2.45) is 0 Å². The molecule has 3 rings (SSSR count). The van der Waals surface area contributed by atoms with Crippen LogP contribution in [0.5, 0.6) is 5.75 Å². The Morgan fingerprint density at radius 2 is 1.83 bits per heavy atom. The first-order chi connectivity index (χ1) is 14.1. The quantitative estimate of drug-likeness (QED) is 0.728. The fourth-order valence-corrected chi connectivity index (χ4v) is 3.73. The van der Waals surface area contributed by atoms with E-state index in [0.717, 1.165) is 16.7 Å². The molecule has 1 heterocycles. The van der Waals surface area contributed by atoms with Gasteiger partial charge in [-0.05, 0) is 39.3 Å². The number of aliphatic hydroxyl groups is 1. The number of para-hydroxylation sites is 1. The second-order valence-electron chi connectivity index (χ2n) is 8.61. The molecule has 5 nitrogen and oxygen atoms in total. The van der Waals surface area contributed by atoms with Crippen LogP contribution in [0.25, 0.3) is 0 Å². The second-order valence-corrected chi connectivity index (χ2v) is 8.61. The Morgan fingerprint density at radius 1 is 1.13 bits per heavy atom. The fraction of sp³-hybridized carbons (Fsp3) is 0.360. The van der Waals surface area contributed by atoms with Crippen LogP contribution in [0, 0.1) is 6.92 Å². The molecule has 1 amide bonds. The van der Waals surface area contributed by atoms with Gasteiger partial charge in [0.05, 0.1) is 18.2 Å². The van der Waals surface area contributed by atoms with Crippen LogP contribution in [-0.2, 0) is 16.1 Å². The van der Waals surface area contributed by atoms with Crippen molar-refractivity contribution >= 4 is 11.7 Å². The zero-order valence-electron chi connectivity index (χ0n) is 18.2. The summed E-state index contributed by atoms with van der Waals surface area (Å²) < 4.78 is 6.08. The van der Waals surface area contributed by atoms with Crippen molar-refractivity contribution in [2.75, 3.05) is 0 Å². The molecule has 2 aromatic carbocycles. The third-order valence-corrected chi connectivity index (χ3v) is 5.01. The molecule has 0 aromatic heterocycles. The highest BCUT2D eigenvalue weighted by atomic mass is 16.5. The first kappa shape index (κ1) is 21.6. The number of Topliss-reactive ketones (excluding diaryl/α,β-unsaturated/α-hetero) is 1. The summed E-state index contributed by atoms with van der Waals surface area (Å²) in [6, 6.07) is 14.6. The first-order valence-corrected chi connectivity index (χ1v) is 10.2. The first-order valence-electron chi connectivity index (χ1n) is 10.2. The van der Waals surface area contributed by atoms with Gasteiger partial charge >= 0.3 is 0 Å². The van der Waals surface area contributed by atoms with Crippen LogP contribution in [-0.4, -0.2) is 27.3 Å². The monoisotopic (exact) mass is 407 g/mol. The number of hydrogen-bond donors (Lipinski definition) is 1. The number of aliphatic hydroxyl groups excluding tert-OH is 1. The average Bonchev–Trinajstić information content (AvgIpc) is 2.92. The molecule has 0 saturated carbocycles. The highest BCUT2D eigenvalue weighted by Crippen LogP contribution is 2.40. The van der Waals surface area contributed by atoms with Gasteiger partial charge in [0.2, 0.25) is 0 Å². The normalized spacial score (nSPS) is 16.9. The summed E-state index contributed by atoms with van der Waals surface area (Å²) in [5.41, 5.74) is 2.41. The van der Waals surface area contributed by atoms with Crippen LogP contribution in [0.4, 0.5) is 0 Å². The van der Waals surface area contributed by atoms with Gasteiger partial charge < -0.3 is 14.7 Å². The maximum atomic E-state index is 13.0. The highest BCUT2D eigenvalue weighted by Gasteiger charge is 2.43. The van der Waals surface area contributed by atoms with E-state index in [-0.39, 0.29) is 24.3 Å². The third kappa shape index (κ3) is 4.40. The van der Waals surface area contributed by atoms with Crippen molar-refractivity contribution in [3.8, 4) is 5.75 Å². The van der Waals surface area contributed by atoms with E-state index in [0.29, 0.717) is 5.75 Å². The minimum Gasteiger partial charge on any atom is -0.503 e. The molecule has 5 heteroatoms. The van der Waals surface area contributed by atoms with Crippen LogP contribution < -0.4 is 4.74 Å². The topological polar surface area (TPSA) is 66.8 Å². The lowest BCUT2D eigenvalue weighted by Crippen LogP contribution is -2.31. The van der Waals surface area contributed by atoms with Gasteiger partial charge in [-0.2, -0.15) is 0 Å². The van der Waals surface area contributed by atoms with E-state index in [1.54, 1.807) is 11.8 Å². The predicted molar refractivity (Wildman–Crippen MR) is 116 cm³/mol. The van der Waals surface area contributed by atoms with E-state index >= 15 is 0 Å². The lowest BCUT2D eigenvalue weighted by molar-refractivity contribution is -0.130. The molecule has 0 fully saturated rings. The Labute approximate surface area is 178 Å². The van der Waals surface area contributed by atoms with E-state index in [1.807, 2.05) is 76.2 Å². The van der Waals surface area contributed by atoms with Gasteiger partial charge in [0.1, 0.15) is 11.4 Å². The van der Waals surface area contributed by atoms with Gasteiger partial charge in [0, 0.05) is 12.0 Å². The number of aryl methyl sites for hydroxylation is 1. The largest absolute Gasteiger partial charge is 0.503 e. The van der Waals surface area contributed by atoms with Gasteiger partial charge in [-0.1, -0.05) is 55.0 Å². The van der Waals surface area contributed by atoms with Crippen molar-refractivity contribution in [3.63, 3.8) is 0 Å². The Kier molecular flexibility index (Phi) is 6.01. The van der Waals surface area contributed by atoms with Crippen molar-refractivity contribution < 1.29 is 19.4 Å². The van der Waals surface area contributed by atoms with Crippen LogP contribution in [0.2, 0.25) is 0 Å². The van der Waals surface area contributed by atoms with E-state index in [4.69, 9.17) is 4.74 Å². The molecule has 0 aliphatic carbocycles. The summed E-state index contributed by atoms with van der Waals surface area (Å²) in [5.74, 6) is -0.545. The SMILES string of the molecule is CCC(=O)C1=C(O)C(=O)N(Cc2ccccc2OC(C)(C)C)C1c1cccc(C)c1. The molecule has 1 aliphatic rings. The molecule has 0 spiro atoms. The van der Waals surface area contributed by atoms with Crippen molar-refractivity contribution in [2.45, 2.75) is 59.2 Å². The zero-order valence-corrected chi connectivity index (χ0v) is 18.2. The van der Waals surface area contributed by atoms with Crippen molar-refractivity contribution in [3.05, 3.63) is 76.6 Å². The molecule has 30 heavy (non-hydrogen) atoms. The predicted octanol–water partition coefficient (Wildman–Crippen LogP) is 5.05. The van der Waals surface area contributed by atoms with Gasteiger partial charge in [-0.3, -0.25) is 9.59 Å². The number of carbonyl (C=O) groups is 2. The number of ether oxygens (including phenoxy) is 1. The summed E-state index contributed by atoms with van der Waals surface area (Å²) >= 11 is 0. The highest BCUT2D eigenvalue weighted by molar-refractivity contribution is 6.08. The number of carbonyl (C=O) groups excluding carboxylic acids is 2. The Bertz CT molecular complexity index is 1000. The van der Waals surface area contributed by atoms with E-state index in [9.17, 15) is 14.7 Å². The van der Waals surface area contributed by atoms with E-state index < -0.39 is 23.3 Å². The Hall–Kier alpha value is -3.08. The van der Waals surface area contributed by atoms with Crippen LogP contribution in [0.15, 0.2) is 59.9 Å². The maximum Gasteiger partial charge on any atom is 0.290 e. The Morgan fingerprint density at radius 3 is 2.47 bits per heavy atom. The number of ketones is 1. The number of benzene rings is 2. The van der Waals surface area contributed by atoms with E-state index in [1.165, 1.54) is 0 Å². The van der Waals surface area contributed by atoms with Crippen molar-refractivity contribution in [1.29, 1.82) is 0 Å². The molecule has 1 aliphatic heterocycles. The summed E-state index contributed by atoms with van der Waals surface area (Å²) in [5, 5.41) is 10.6. The number of amides is 1. The molecule has 1 atom stereocenters. The van der Waals surface area contributed by atoms with Gasteiger partial charge in [0.25, 0.3) is 5.91 Å². The minimum absolute atomic E-state index is 0.169. The number of nitrogens with zero attached hydrogens (tertiary/aromatic N) is 1. The second kappa shape index (κ2) is 8.34. The summed E-state index contributed by atoms with van der Waals surface area (Å²) in [6.07, 6.45) is 0.215. The van der Waals surface area contributed by atoms with Crippen LogP contribution in [0.1, 0.15) is 56.8 Å². The molecule has 1 N–H and O–H groups in total. The molecule has 2 aromatic rings. The molecule has 0 bridgehead atoms. The van der Waals surface area contributed by atoms with Gasteiger partial charge in [0.15, 0.2) is 11.5 Å². The lowest BCUT2D eigenvalue weighted by Gasteiger charge is -2.29.